The van der Waals surface area contributed by atoms with Gasteiger partial charge in [-0.25, -0.2) is 0 Å². The summed E-state index contributed by atoms with van der Waals surface area (Å²) < 4.78 is 5.09. The van der Waals surface area contributed by atoms with Crippen LogP contribution < -0.4 is 10.1 Å². The number of carbonyl (C=O) groups excluding carboxylic acids is 1. The van der Waals surface area contributed by atoms with Crippen molar-refractivity contribution in [1.82, 2.24) is 4.90 Å². The van der Waals surface area contributed by atoms with Crippen LogP contribution >= 0.6 is 0 Å². The zero-order chi connectivity index (χ0) is 14.3. The Hall–Kier alpha value is -2.06. The fraction of sp³-hybridized carbons (Fsp3) is 0.429. The average Bonchev–Trinajstić information content (AvgIpc) is 2.38. The van der Waals surface area contributed by atoms with E-state index in [0.717, 1.165) is 0 Å². The molecule has 0 aliphatic heterocycles. The predicted octanol–water partition coefficient (Wildman–Crippen LogP) is 1.73. The highest BCUT2D eigenvalue weighted by molar-refractivity contribution is 5.92. The van der Waals surface area contributed by atoms with Gasteiger partial charge < -0.3 is 10.1 Å². The summed E-state index contributed by atoms with van der Waals surface area (Å²) in [6.45, 7) is 2.65. The summed E-state index contributed by atoms with van der Waals surface area (Å²) in [5.41, 5.74) is 0.700. The molecule has 0 spiro atoms. The first-order chi connectivity index (χ1) is 9.05. The molecule has 1 aromatic rings. The molecule has 1 atom stereocenters. The van der Waals surface area contributed by atoms with Gasteiger partial charge in [-0.15, -0.1) is 0 Å². The molecule has 0 fully saturated rings. The monoisotopic (exact) mass is 261 g/mol. The van der Waals surface area contributed by atoms with Gasteiger partial charge in [0.15, 0.2) is 0 Å². The van der Waals surface area contributed by atoms with Crippen LogP contribution in [0.3, 0.4) is 0 Å². The van der Waals surface area contributed by atoms with E-state index in [1.165, 1.54) is 0 Å². The molecule has 1 N–H and O–H groups in total. The molecular formula is C14H19N3O2. The number of rotatable bonds is 6. The van der Waals surface area contributed by atoms with E-state index in [4.69, 9.17) is 10.00 Å². The number of ether oxygens (including phenoxy) is 1. The zero-order valence-corrected chi connectivity index (χ0v) is 11.5. The Morgan fingerprint density at radius 3 is 2.95 bits per heavy atom. The molecule has 0 saturated heterocycles. The fourth-order valence-corrected chi connectivity index (χ4v) is 1.72. The second kappa shape index (κ2) is 7.39. The Labute approximate surface area is 113 Å². The van der Waals surface area contributed by atoms with Crippen molar-refractivity contribution in [2.24, 2.45) is 5.92 Å². The molecule has 5 nitrogen and oxygen atoms in total. The van der Waals surface area contributed by atoms with Gasteiger partial charge in [0, 0.05) is 18.3 Å². The van der Waals surface area contributed by atoms with Crippen molar-refractivity contribution >= 4 is 11.6 Å². The lowest BCUT2D eigenvalue weighted by Gasteiger charge is -2.17. The van der Waals surface area contributed by atoms with Crippen molar-refractivity contribution in [2.75, 3.05) is 32.6 Å². The summed E-state index contributed by atoms with van der Waals surface area (Å²) in [6.07, 6.45) is 0. The van der Waals surface area contributed by atoms with Crippen molar-refractivity contribution in [3.05, 3.63) is 24.3 Å². The van der Waals surface area contributed by atoms with Gasteiger partial charge >= 0.3 is 0 Å². The number of hydrogen-bond acceptors (Lipinski definition) is 4. The minimum atomic E-state index is -0.110. The number of nitriles is 1. The SMILES string of the molecule is COc1cccc(NC(=O)CN(C)C[C@@H](C)C#N)c1. The minimum Gasteiger partial charge on any atom is -0.497 e. The highest BCUT2D eigenvalue weighted by Gasteiger charge is 2.10. The summed E-state index contributed by atoms with van der Waals surface area (Å²) in [5.74, 6) is 0.500. The Balaban J connectivity index is 2.48. The number of nitrogens with zero attached hydrogens (tertiary/aromatic N) is 2. The van der Waals surface area contributed by atoms with Crippen LogP contribution in [0.1, 0.15) is 6.92 Å². The number of nitrogens with one attached hydrogen (secondary N) is 1. The quantitative estimate of drug-likeness (QED) is 0.847. The number of anilines is 1. The molecule has 0 aromatic heterocycles. The number of methoxy groups -OCH3 is 1. The van der Waals surface area contributed by atoms with E-state index in [2.05, 4.69) is 11.4 Å². The van der Waals surface area contributed by atoms with Crippen LogP contribution in [0.15, 0.2) is 24.3 Å². The Morgan fingerprint density at radius 2 is 2.32 bits per heavy atom. The normalized spacial score (nSPS) is 11.7. The first kappa shape index (κ1) is 15.0. The first-order valence-corrected chi connectivity index (χ1v) is 6.07. The van der Waals surface area contributed by atoms with Crippen LogP contribution in [0.2, 0.25) is 0 Å². The van der Waals surface area contributed by atoms with E-state index in [1.807, 2.05) is 31.0 Å². The summed E-state index contributed by atoms with van der Waals surface area (Å²) in [6, 6.07) is 9.34. The second-order valence-corrected chi connectivity index (χ2v) is 4.51. The van der Waals surface area contributed by atoms with E-state index in [-0.39, 0.29) is 18.4 Å². The lowest BCUT2D eigenvalue weighted by Crippen LogP contribution is -2.32. The molecule has 0 aliphatic rings. The lowest BCUT2D eigenvalue weighted by atomic mass is 10.2. The maximum atomic E-state index is 11.8. The van der Waals surface area contributed by atoms with E-state index >= 15 is 0 Å². The Kier molecular flexibility index (Phi) is 5.83. The van der Waals surface area contributed by atoms with Crippen LogP contribution in [0.25, 0.3) is 0 Å². The molecule has 0 saturated carbocycles. The maximum absolute atomic E-state index is 11.8. The Morgan fingerprint density at radius 1 is 1.58 bits per heavy atom. The molecule has 0 radical (unpaired) electrons. The van der Waals surface area contributed by atoms with Gasteiger partial charge in [-0.2, -0.15) is 5.26 Å². The maximum Gasteiger partial charge on any atom is 0.238 e. The van der Waals surface area contributed by atoms with Crippen LogP contribution in [0.4, 0.5) is 5.69 Å². The molecule has 0 heterocycles. The molecule has 1 aromatic carbocycles. The topological polar surface area (TPSA) is 65.4 Å². The third-order valence-corrected chi connectivity index (χ3v) is 2.57. The molecular weight excluding hydrogens is 242 g/mol. The number of hydrogen-bond donors (Lipinski definition) is 1. The van der Waals surface area contributed by atoms with Gasteiger partial charge in [-0.05, 0) is 26.1 Å². The molecule has 102 valence electrons. The van der Waals surface area contributed by atoms with Gasteiger partial charge in [0.05, 0.1) is 25.6 Å². The van der Waals surface area contributed by atoms with Gasteiger partial charge in [0.1, 0.15) is 5.75 Å². The number of carbonyl (C=O) groups is 1. The predicted molar refractivity (Wildman–Crippen MR) is 73.9 cm³/mol. The molecule has 1 rings (SSSR count). The molecule has 1 amide bonds. The van der Waals surface area contributed by atoms with E-state index in [9.17, 15) is 4.79 Å². The largest absolute Gasteiger partial charge is 0.497 e. The third-order valence-electron chi connectivity index (χ3n) is 2.57. The Bertz CT molecular complexity index is 468. The molecule has 5 heteroatoms. The van der Waals surface area contributed by atoms with Crippen molar-refractivity contribution in [3.63, 3.8) is 0 Å². The van der Waals surface area contributed by atoms with Gasteiger partial charge in [-0.3, -0.25) is 9.69 Å². The van der Waals surface area contributed by atoms with Crippen molar-refractivity contribution in [1.29, 1.82) is 5.26 Å². The fourth-order valence-electron chi connectivity index (χ4n) is 1.72. The standard InChI is InChI=1S/C14H19N3O2/c1-11(8-15)9-17(2)10-14(18)16-12-5-4-6-13(7-12)19-3/h4-7,11H,9-10H2,1-3H3,(H,16,18)/t11-/m0/s1. The van der Waals surface area contributed by atoms with Crippen molar-refractivity contribution in [3.8, 4) is 11.8 Å². The zero-order valence-electron chi connectivity index (χ0n) is 11.5. The van der Waals surface area contributed by atoms with Crippen LogP contribution in [-0.4, -0.2) is 38.1 Å². The van der Waals surface area contributed by atoms with Crippen molar-refractivity contribution in [2.45, 2.75) is 6.92 Å². The molecule has 0 bridgehead atoms. The molecule has 19 heavy (non-hydrogen) atoms. The summed E-state index contributed by atoms with van der Waals surface area (Å²) in [5, 5.41) is 11.5. The summed E-state index contributed by atoms with van der Waals surface area (Å²) in [7, 11) is 3.40. The van der Waals surface area contributed by atoms with Crippen molar-refractivity contribution < 1.29 is 9.53 Å². The number of benzene rings is 1. The molecule has 0 aliphatic carbocycles. The summed E-state index contributed by atoms with van der Waals surface area (Å²) >= 11 is 0. The van der Waals surface area contributed by atoms with E-state index in [0.29, 0.717) is 18.0 Å². The van der Waals surface area contributed by atoms with Gasteiger partial charge in [0.2, 0.25) is 5.91 Å². The molecule has 0 unspecified atom stereocenters. The lowest BCUT2D eigenvalue weighted by molar-refractivity contribution is -0.117. The number of likely N-dealkylation sites (N-methyl/N-ethyl adjacent to an activating group) is 1. The highest BCUT2D eigenvalue weighted by Crippen LogP contribution is 2.16. The van der Waals surface area contributed by atoms with Crippen LogP contribution in [0.5, 0.6) is 5.75 Å². The van der Waals surface area contributed by atoms with Crippen LogP contribution in [-0.2, 0) is 4.79 Å². The number of amides is 1. The highest BCUT2D eigenvalue weighted by atomic mass is 16.5. The smallest absolute Gasteiger partial charge is 0.238 e. The summed E-state index contributed by atoms with van der Waals surface area (Å²) in [4.78, 5) is 13.6. The average molecular weight is 261 g/mol. The van der Waals surface area contributed by atoms with Crippen LogP contribution in [0, 0.1) is 17.2 Å². The van der Waals surface area contributed by atoms with Gasteiger partial charge in [-0.1, -0.05) is 6.07 Å². The third kappa shape index (κ3) is 5.40. The van der Waals surface area contributed by atoms with Gasteiger partial charge in [0.25, 0.3) is 0 Å². The minimum absolute atomic E-state index is 0.0883. The second-order valence-electron chi connectivity index (χ2n) is 4.51. The first-order valence-electron chi connectivity index (χ1n) is 6.07. The van der Waals surface area contributed by atoms with E-state index < -0.39 is 0 Å². The van der Waals surface area contributed by atoms with E-state index in [1.54, 1.807) is 19.2 Å².